The highest BCUT2D eigenvalue weighted by molar-refractivity contribution is 7.47. The molecule has 0 radical (unpaired) electrons. The van der Waals surface area contributed by atoms with Gasteiger partial charge in [-0.3, -0.25) is 37.3 Å². The van der Waals surface area contributed by atoms with Crippen LogP contribution < -0.4 is 0 Å². The average molecular weight is 1070 g/mol. The zero-order valence-electron chi connectivity index (χ0n) is 45.4. The summed E-state index contributed by atoms with van der Waals surface area (Å²) in [4.78, 5) is 71.2. The highest BCUT2D eigenvalue weighted by atomic mass is 31.2. The van der Waals surface area contributed by atoms with Gasteiger partial charge in [0.1, 0.15) is 19.3 Å². The Bertz CT molecular complexity index is 1420. The van der Waals surface area contributed by atoms with Crippen LogP contribution in [-0.4, -0.2) is 96.7 Å². The first-order valence-corrected chi connectivity index (χ1v) is 31.3. The third-order valence-electron chi connectivity index (χ3n) is 12.1. The molecule has 0 aliphatic carbocycles. The minimum Gasteiger partial charge on any atom is -0.462 e. The molecule has 0 saturated carbocycles. The van der Waals surface area contributed by atoms with E-state index in [4.69, 9.17) is 37.0 Å². The smallest absolute Gasteiger partial charge is 0.462 e. The van der Waals surface area contributed by atoms with Gasteiger partial charge in [-0.15, -0.1) is 0 Å². The summed E-state index contributed by atoms with van der Waals surface area (Å²) in [5.41, 5.74) is 0. The lowest BCUT2D eigenvalue weighted by molar-refractivity contribution is -0.161. The van der Waals surface area contributed by atoms with E-state index in [9.17, 15) is 43.2 Å². The largest absolute Gasteiger partial charge is 0.472 e. The van der Waals surface area contributed by atoms with Gasteiger partial charge < -0.3 is 33.8 Å². The monoisotopic (exact) mass is 1070 g/mol. The highest BCUT2D eigenvalue weighted by Gasteiger charge is 2.30. The van der Waals surface area contributed by atoms with E-state index in [2.05, 4.69) is 27.7 Å². The second-order valence-corrected chi connectivity index (χ2v) is 22.2. The first-order valence-electron chi connectivity index (χ1n) is 28.3. The molecule has 0 amide bonds. The summed E-state index contributed by atoms with van der Waals surface area (Å²) in [6.07, 6.45) is 29.8. The summed E-state index contributed by atoms with van der Waals surface area (Å²) < 4.78 is 67.2. The van der Waals surface area contributed by atoms with Crippen LogP contribution in [0.25, 0.3) is 0 Å². The molecule has 2 unspecified atom stereocenters. The van der Waals surface area contributed by atoms with Crippen LogP contribution in [0.5, 0.6) is 0 Å². The third-order valence-corrected chi connectivity index (χ3v) is 14.0. The number of ether oxygens (including phenoxy) is 4. The summed E-state index contributed by atoms with van der Waals surface area (Å²) >= 11 is 0. The predicted octanol–water partition coefficient (Wildman–Crippen LogP) is 13.6. The maximum Gasteiger partial charge on any atom is 0.472 e. The van der Waals surface area contributed by atoms with Crippen LogP contribution in [-0.2, 0) is 65.4 Å². The quantitative estimate of drug-likeness (QED) is 0.0222. The summed E-state index contributed by atoms with van der Waals surface area (Å²) in [6, 6.07) is 0. The Morgan fingerprint density at radius 2 is 0.556 bits per heavy atom. The number of hydrogen-bond donors (Lipinski definition) is 3. The van der Waals surface area contributed by atoms with Crippen LogP contribution in [0.1, 0.15) is 259 Å². The molecule has 17 nitrogen and oxygen atoms in total. The topological polar surface area (TPSA) is 237 Å². The molecular weight excluding hydrogens is 971 g/mol. The SMILES string of the molecule is CCCCCCCCCCCCC(=O)OC[C@H](COP(=O)(O)OC[C@@H](O)COP(=O)(O)OC[C@@H](COC(=O)CCCCCCC)OC(=O)CCCCCCCCC)OC(=O)CCCCCCCCCCCC. The molecule has 0 spiro atoms. The number of phosphoric ester groups is 2. The van der Waals surface area contributed by atoms with E-state index in [1.807, 2.05) is 0 Å². The van der Waals surface area contributed by atoms with Crippen molar-refractivity contribution in [3.8, 4) is 0 Å². The molecule has 72 heavy (non-hydrogen) atoms. The van der Waals surface area contributed by atoms with E-state index >= 15 is 0 Å². The molecular formula is C53H102O17P2. The van der Waals surface area contributed by atoms with Gasteiger partial charge in [0.05, 0.1) is 26.4 Å². The molecule has 3 N–H and O–H groups in total. The molecule has 0 saturated heterocycles. The number of aliphatic hydroxyl groups is 1. The second-order valence-electron chi connectivity index (χ2n) is 19.3. The average Bonchev–Trinajstić information content (AvgIpc) is 3.35. The minimum absolute atomic E-state index is 0.103. The van der Waals surface area contributed by atoms with E-state index in [1.54, 1.807) is 0 Å². The van der Waals surface area contributed by atoms with Crippen molar-refractivity contribution < 1.29 is 80.2 Å². The standard InChI is InChI=1S/C53H102O17P2/c1-5-9-13-17-20-22-24-27-30-34-38-51(56)64-44-49(70-53(58)40-36-32-28-25-23-21-18-14-10-6-2)46-68-72(61,62)66-42-47(54)41-65-71(59,60)67-45-48(43-63-50(55)37-33-29-16-12-8-4)69-52(57)39-35-31-26-19-15-11-7-3/h47-49,54H,5-46H2,1-4H3,(H,59,60)(H,61,62)/t47-,48+,49+/m0/s1. The summed E-state index contributed by atoms with van der Waals surface area (Å²) in [5, 5.41) is 10.4. The van der Waals surface area contributed by atoms with E-state index in [1.165, 1.54) is 70.6 Å². The first-order chi connectivity index (χ1) is 34.7. The highest BCUT2D eigenvalue weighted by Crippen LogP contribution is 2.45. The fourth-order valence-corrected chi connectivity index (χ4v) is 9.27. The molecule has 426 valence electrons. The number of aliphatic hydroxyl groups excluding tert-OH is 1. The maximum atomic E-state index is 12.8. The lowest BCUT2D eigenvalue weighted by Gasteiger charge is -2.21. The molecule has 5 atom stereocenters. The van der Waals surface area contributed by atoms with Gasteiger partial charge in [-0.1, -0.05) is 207 Å². The molecule has 0 aromatic rings. The first kappa shape index (κ1) is 70.1. The van der Waals surface area contributed by atoms with Gasteiger partial charge in [0.15, 0.2) is 12.2 Å². The van der Waals surface area contributed by atoms with Gasteiger partial charge in [-0.05, 0) is 25.7 Å². The number of phosphoric acid groups is 2. The zero-order chi connectivity index (χ0) is 53.4. The second kappa shape index (κ2) is 48.7. The molecule has 0 fully saturated rings. The summed E-state index contributed by atoms with van der Waals surface area (Å²) in [7, 11) is -9.85. The van der Waals surface area contributed by atoms with Crippen molar-refractivity contribution in [2.75, 3.05) is 39.6 Å². The van der Waals surface area contributed by atoms with E-state index in [-0.39, 0.29) is 25.7 Å². The normalized spacial score (nSPS) is 14.5. The number of carbonyl (C=O) groups excluding carboxylic acids is 4. The van der Waals surface area contributed by atoms with Crippen LogP contribution >= 0.6 is 15.6 Å². The number of hydrogen-bond acceptors (Lipinski definition) is 15. The van der Waals surface area contributed by atoms with Crippen LogP contribution in [0.4, 0.5) is 0 Å². The van der Waals surface area contributed by atoms with Crippen molar-refractivity contribution in [3.63, 3.8) is 0 Å². The summed E-state index contributed by atoms with van der Waals surface area (Å²) in [5.74, 6) is -2.16. The Morgan fingerprint density at radius 3 is 0.819 bits per heavy atom. The summed E-state index contributed by atoms with van der Waals surface area (Å²) in [6.45, 7) is 4.66. The van der Waals surface area contributed by atoms with E-state index in [0.717, 1.165) is 109 Å². The lowest BCUT2D eigenvalue weighted by Crippen LogP contribution is -2.30. The Balaban J connectivity index is 5.17. The van der Waals surface area contributed by atoms with Crippen molar-refractivity contribution in [1.82, 2.24) is 0 Å². The van der Waals surface area contributed by atoms with Crippen LogP contribution in [0.15, 0.2) is 0 Å². The number of unbranched alkanes of at least 4 members (excludes halogenated alkanes) is 28. The van der Waals surface area contributed by atoms with Crippen molar-refractivity contribution in [2.24, 2.45) is 0 Å². The molecule has 0 aliphatic heterocycles. The fourth-order valence-electron chi connectivity index (χ4n) is 7.69. The molecule has 0 aromatic carbocycles. The van der Waals surface area contributed by atoms with Gasteiger partial charge >= 0.3 is 39.5 Å². The van der Waals surface area contributed by atoms with E-state index in [0.29, 0.717) is 25.7 Å². The Kier molecular flexibility index (Phi) is 47.4. The number of esters is 4. The van der Waals surface area contributed by atoms with Gasteiger partial charge in [0.2, 0.25) is 0 Å². The molecule has 0 bridgehead atoms. The molecule has 0 aliphatic rings. The van der Waals surface area contributed by atoms with Gasteiger partial charge in [-0.2, -0.15) is 0 Å². The predicted molar refractivity (Wildman–Crippen MR) is 280 cm³/mol. The number of carbonyl (C=O) groups is 4. The Morgan fingerprint density at radius 1 is 0.333 bits per heavy atom. The molecule has 19 heteroatoms. The van der Waals surface area contributed by atoms with Crippen LogP contribution in [0.3, 0.4) is 0 Å². The molecule has 0 heterocycles. The van der Waals surface area contributed by atoms with Crippen LogP contribution in [0.2, 0.25) is 0 Å². The van der Waals surface area contributed by atoms with Crippen molar-refractivity contribution in [3.05, 3.63) is 0 Å². The lowest BCUT2D eigenvalue weighted by atomic mass is 10.1. The van der Waals surface area contributed by atoms with E-state index < -0.39 is 97.5 Å². The van der Waals surface area contributed by atoms with Crippen LogP contribution in [0, 0.1) is 0 Å². The van der Waals surface area contributed by atoms with Gasteiger partial charge in [0, 0.05) is 25.7 Å². The van der Waals surface area contributed by atoms with Gasteiger partial charge in [-0.25, -0.2) is 9.13 Å². The fraction of sp³-hybridized carbons (Fsp3) is 0.925. The third kappa shape index (κ3) is 47.8. The molecule has 0 rings (SSSR count). The zero-order valence-corrected chi connectivity index (χ0v) is 47.2. The Hall–Kier alpha value is -1.94. The van der Waals surface area contributed by atoms with Crippen molar-refractivity contribution in [2.45, 2.75) is 277 Å². The van der Waals surface area contributed by atoms with Crippen molar-refractivity contribution in [1.29, 1.82) is 0 Å². The van der Waals surface area contributed by atoms with Gasteiger partial charge in [0.25, 0.3) is 0 Å². The maximum absolute atomic E-state index is 12.8. The minimum atomic E-state index is -4.93. The molecule has 0 aromatic heterocycles. The van der Waals surface area contributed by atoms with Crippen molar-refractivity contribution >= 4 is 39.5 Å². The number of rotatable bonds is 54. The Labute approximate surface area is 435 Å².